The number of halogens is 3. The minimum Gasteiger partial charge on any atom is -0.508 e. The Hall–Kier alpha value is -1.60. The molecule has 0 aliphatic carbocycles. The number of hydrogen-bond donors (Lipinski definition) is 2. The van der Waals surface area contributed by atoms with Crippen LogP contribution in [0.1, 0.15) is 18.9 Å². The van der Waals surface area contributed by atoms with Crippen LogP contribution in [-0.2, 0) is 10.9 Å². The van der Waals surface area contributed by atoms with Crippen molar-refractivity contribution in [3.8, 4) is 0 Å². The number of alkyl halides is 3. The van der Waals surface area contributed by atoms with E-state index in [1.54, 1.807) is 6.92 Å². The molecule has 1 atom stereocenters. The van der Waals surface area contributed by atoms with Crippen LogP contribution in [0, 0.1) is 0 Å². The normalized spacial score (nSPS) is 19.0. The molecule has 0 fully saturated rings. The van der Waals surface area contributed by atoms with Crippen molar-refractivity contribution >= 4 is 11.8 Å². The summed E-state index contributed by atoms with van der Waals surface area (Å²) in [7, 11) is 0. The van der Waals surface area contributed by atoms with Gasteiger partial charge in [-0.05, 0) is 31.2 Å². The molecule has 0 spiro atoms. The third-order valence-electron chi connectivity index (χ3n) is 3.13. The Labute approximate surface area is 130 Å². The van der Waals surface area contributed by atoms with Gasteiger partial charge in [0.2, 0.25) is 6.29 Å². The lowest BCUT2D eigenvalue weighted by atomic mass is 10.2. The van der Waals surface area contributed by atoms with E-state index >= 15 is 0 Å². The van der Waals surface area contributed by atoms with E-state index in [-0.39, 0.29) is 5.76 Å². The summed E-state index contributed by atoms with van der Waals surface area (Å²) in [5, 5.41) is 19.1. The van der Waals surface area contributed by atoms with Gasteiger partial charge in [-0.15, -0.1) is 11.8 Å². The van der Waals surface area contributed by atoms with E-state index < -0.39 is 18.0 Å². The first-order valence-electron chi connectivity index (χ1n) is 6.52. The van der Waals surface area contributed by atoms with Crippen molar-refractivity contribution in [3.05, 3.63) is 53.0 Å². The number of benzene rings is 1. The predicted molar refractivity (Wildman–Crippen MR) is 77.3 cm³/mol. The molecule has 1 aliphatic heterocycles. The molecule has 0 unspecified atom stereocenters. The highest BCUT2D eigenvalue weighted by atomic mass is 32.2. The van der Waals surface area contributed by atoms with Gasteiger partial charge >= 0.3 is 6.18 Å². The summed E-state index contributed by atoms with van der Waals surface area (Å²) in [4.78, 5) is 0.709. The minimum absolute atomic E-state index is 0.0201. The fourth-order valence-corrected chi connectivity index (χ4v) is 2.67. The van der Waals surface area contributed by atoms with Crippen LogP contribution in [0.5, 0.6) is 0 Å². The zero-order valence-corrected chi connectivity index (χ0v) is 12.5. The molecule has 2 N–H and O–H groups in total. The molecule has 22 heavy (non-hydrogen) atoms. The number of aliphatic hydroxyl groups is 2. The van der Waals surface area contributed by atoms with E-state index in [1.165, 1.54) is 30.0 Å². The lowest BCUT2D eigenvalue weighted by molar-refractivity contribution is -0.137. The SMILES string of the molecule is CC1=C(O)C=C(CCSc2ccc(C(F)(F)F)cc2)O[C@@H]1O. The van der Waals surface area contributed by atoms with Crippen molar-refractivity contribution in [1.82, 2.24) is 0 Å². The van der Waals surface area contributed by atoms with Gasteiger partial charge in [-0.1, -0.05) is 0 Å². The van der Waals surface area contributed by atoms with Crippen LogP contribution in [0.4, 0.5) is 13.2 Å². The van der Waals surface area contributed by atoms with E-state index in [2.05, 4.69) is 0 Å². The molecule has 7 heteroatoms. The lowest BCUT2D eigenvalue weighted by Gasteiger charge is -2.21. The van der Waals surface area contributed by atoms with Gasteiger partial charge in [0, 0.05) is 28.7 Å². The molecule has 1 heterocycles. The van der Waals surface area contributed by atoms with E-state index in [1.807, 2.05) is 0 Å². The third-order valence-corrected chi connectivity index (χ3v) is 4.15. The minimum atomic E-state index is -4.33. The van der Waals surface area contributed by atoms with Crippen LogP contribution in [0.25, 0.3) is 0 Å². The zero-order chi connectivity index (χ0) is 16.3. The van der Waals surface area contributed by atoms with Crippen molar-refractivity contribution in [1.29, 1.82) is 0 Å². The Morgan fingerprint density at radius 3 is 2.41 bits per heavy atom. The predicted octanol–water partition coefficient (Wildman–Crippen LogP) is 4.25. The summed E-state index contributed by atoms with van der Waals surface area (Å²) in [5.74, 6) is 0.972. The Morgan fingerprint density at radius 2 is 1.86 bits per heavy atom. The smallest absolute Gasteiger partial charge is 0.416 e. The quantitative estimate of drug-likeness (QED) is 0.809. The van der Waals surface area contributed by atoms with E-state index in [9.17, 15) is 23.4 Å². The van der Waals surface area contributed by atoms with Gasteiger partial charge in [0.25, 0.3) is 0 Å². The van der Waals surface area contributed by atoms with Gasteiger partial charge in [0.15, 0.2) is 0 Å². The average molecular weight is 332 g/mol. The van der Waals surface area contributed by atoms with Crippen molar-refractivity contribution in [2.75, 3.05) is 5.75 Å². The maximum Gasteiger partial charge on any atom is 0.416 e. The largest absolute Gasteiger partial charge is 0.508 e. The summed E-state index contributed by atoms with van der Waals surface area (Å²) in [6.07, 6.45) is -3.60. The maximum atomic E-state index is 12.4. The first-order chi connectivity index (χ1) is 10.3. The van der Waals surface area contributed by atoms with Gasteiger partial charge in [0.05, 0.1) is 5.56 Å². The number of aliphatic hydroxyl groups excluding tert-OH is 2. The molecule has 1 aliphatic rings. The number of rotatable bonds is 4. The molecule has 0 bridgehead atoms. The summed E-state index contributed by atoms with van der Waals surface area (Å²) in [6.45, 7) is 1.56. The Bertz CT molecular complexity index is 591. The number of thioether (sulfide) groups is 1. The topological polar surface area (TPSA) is 49.7 Å². The van der Waals surface area contributed by atoms with Crippen molar-refractivity contribution in [3.63, 3.8) is 0 Å². The fourth-order valence-electron chi connectivity index (χ4n) is 1.80. The molecule has 1 aromatic carbocycles. The van der Waals surface area contributed by atoms with Crippen LogP contribution in [0.2, 0.25) is 0 Å². The molecule has 0 saturated heterocycles. The van der Waals surface area contributed by atoms with Crippen molar-refractivity contribution < 1.29 is 28.1 Å². The van der Waals surface area contributed by atoms with Gasteiger partial charge < -0.3 is 14.9 Å². The lowest BCUT2D eigenvalue weighted by Crippen LogP contribution is -2.18. The first kappa shape index (κ1) is 16.8. The molecular formula is C15H15F3O3S. The van der Waals surface area contributed by atoms with E-state index in [0.717, 1.165) is 12.1 Å². The highest BCUT2D eigenvalue weighted by Gasteiger charge is 2.29. The van der Waals surface area contributed by atoms with Crippen LogP contribution in [-0.4, -0.2) is 22.3 Å². The van der Waals surface area contributed by atoms with Gasteiger partial charge in [0.1, 0.15) is 11.5 Å². The summed E-state index contributed by atoms with van der Waals surface area (Å²) < 4.78 is 42.5. The van der Waals surface area contributed by atoms with E-state index in [4.69, 9.17) is 4.74 Å². The number of ether oxygens (including phenoxy) is 1. The molecule has 2 rings (SSSR count). The molecule has 3 nitrogen and oxygen atoms in total. The summed E-state index contributed by atoms with van der Waals surface area (Å²) in [6, 6.07) is 4.92. The summed E-state index contributed by atoms with van der Waals surface area (Å²) in [5.41, 5.74) is -0.331. The average Bonchev–Trinajstić information content (AvgIpc) is 2.44. The third kappa shape index (κ3) is 4.20. The second-order valence-electron chi connectivity index (χ2n) is 4.77. The second kappa shape index (κ2) is 6.66. The van der Waals surface area contributed by atoms with Gasteiger partial charge in [-0.2, -0.15) is 13.2 Å². The van der Waals surface area contributed by atoms with Crippen LogP contribution in [0.3, 0.4) is 0 Å². The standard InChI is InChI=1S/C15H15F3O3S/c1-9-13(19)8-11(21-14(9)20)6-7-22-12-4-2-10(3-5-12)15(16,17)18/h2-5,8,14,19-20H,6-7H2,1H3/t14-/m0/s1. The molecule has 0 radical (unpaired) electrons. The molecule has 0 aromatic heterocycles. The molecule has 0 saturated carbocycles. The molecule has 1 aromatic rings. The van der Waals surface area contributed by atoms with Gasteiger partial charge in [-0.25, -0.2) is 0 Å². The summed E-state index contributed by atoms with van der Waals surface area (Å²) >= 11 is 1.37. The van der Waals surface area contributed by atoms with Crippen LogP contribution >= 0.6 is 11.8 Å². The fraction of sp³-hybridized carbons (Fsp3) is 0.333. The van der Waals surface area contributed by atoms with E-state index in [0.29, 0.717) is 28.4 Å². The maximum absolute atomic E-state index is 12.4. The second-order valence-corrected chi connectivity index (χ2v) is 5.94. The van der Waals surface area contributed by atoms with Crippen LogP contribution in [0.15, 0.2) is 52.3 Å². The molecular weight excluding hydrogens is 317 g/mol. The molecule has 0 amide bonds. The zero-order valence-electron chi connectivity index (χ0n) is 11.7. The van der Waals surface area contributed by atoms with Crippen molar-refractivity contribution in [2.24, 2.45) is 0 Å². The van der Waals surface area contributed by atoms with Crippen molar-refractivity contribution in [2.45, 2.75) is 30.7 Å². The van der Waals surface area contributed by atoms with Gasteiger partial charge in [-0.3, -0.25) is 0 Å². The molecule has 120 valence electrons. The Kier molecular flexibility index (Phi) is 5.08. The highest BCUT2D eigenvalue weighted by molar-refractivity contribution is 7.99. The Balaban J connectivity index is 1.88. The first-order valence-corrected chi connectivity index (χ1v) is 7.51. The Morgan fingerprint density at radius 1 is 1.23 bits per heavy atom. The highest BCUT2D eigenvalue weighted by Crippen LogP contribution is 2.31. The monoisotopic (exact) mass is 332 g/mol. The van der Waals surface area contributed by atoms with Crippen LogP contribution < -0.4 is 0 Å². The number of hydrogen-bond acceptors (Lipinski definition) is 4. The number of allylic oxidation sites excluding steroid dienone is 2.